The van der Waals surface area contributed by atoms with Gasteiger partial charge in [0.2, 0.25) is 5.13 Å². The molecule has 0 bridgehead atoms. The molecule has 1 saturated heterocycles. The predicted molar refractivity (Wildman–Crippen MR) is 63.4 cm³/mol. The van der Waals surface area contributed by atoms with Crippen LogP contribution in [0.15, 0.2) is 0 Å². The van der Waals surface area contributed by atoms with Crippen molar-refractivity contribution in [3.05, 3.63) is 5.01 Å². The van der Waals surface area contributed by atoms with Gasteiger partial charge in [0.15, 0.2) is 6.10 Å². The van der Waals surface area contributed by atoms with E-state index in [9.17, 15) is 9.59 Å². The summed E-state index contributed by atoms with van der Waals surface area (Å²) in [4.78, 5) is 22.5. The van der Waals surface area contributed by atoms with E-state index in [1.807, 2.05) is 6.92 Å². The number of nitrogens with one attached hydrogen (secondary N) is 1. The Labute approximate surface area is 107 Å². The Hall–Kier alpha value is -1.54. The normalized spacial score (nSPS) is 22.9. The van der Waals surface area contributed by atoms with Gasteiger partial charge in [-0.3, -0.25) is 10.1 Å². The molecule has 1 aliphatic heterocycles. The van der Waals surface area contributed by atoms with E-state index in [0.717, 1.165) is 11.4 Å². The van der Waals surface area contributed by atoms with Crippen molar-refractivity contribution in [3.63, 3.8) is 0 Å². The van der Waals surface area contributed by atoms with E-state index in [0.29, 0.717) is 18.0 Å². The number of aryl methyl sites for hydroxylation is 1. The van der Waals surface area contributed by atoms with E-state index in [2.05, 4.69) is 15.5 Å². The third kappa shape index (κ3) is 2.82. The van der Waals surface area contributed by atoms with Crippen LogP contribution in [-0.2, 0) is 20.7 Å². The van der Waals surface area contributed by atoms with Crippen LogP contribution in [0.1, 0.15) is 24.8 Å². The maximum absolute atomic E-state index is 11.8. The van der Waals surface area contributed by atoms with Gasteiger partial charge in [-0.1, -0.05) is 18.3 Å². The molecule has 1 fully saturated rings. The molecule has 8 heteroatoms. The van der Waals surface area contributed by atoms with Gasteiger partial charge in [-0.25, -0.2) is 4.79 Å². The highest BCUT2D eigenvalue weighted by atomic mass is 32.1. The van der Waals surface area contributed by atoms with Crippen LogP contribution in [0.4, 0.5) is 5.13 Å². The zero-order chi connectivity index (χ0) is 13.1. The van der Waals surface area contributed by atoms with Gasteiger partial charge in [-0.15, -0.1) is 10.2 Å². The number of carbonyl (C=O) groups excluding carboxylic acids is 1. The van der Waals surface area contributed by atoms with E-state index in [1.54, 1.807) is 0 Å². The molecule has 0 aliphatic carbocycles. The molecule has 7 nitrogen and oxygen atoms in total. The molecule has 0 saturated carbocycles. The molecule has 1 amide bonds. The molecule has 1 aromatic heterocycles. The fourth-order valence-electron chi connectivity index (χ4n) is 1.64. The number of rotatable bonds is 4. The number of hydrogen-bond acceptors (Lipinski definition) is 6. The van der Waals surface area contributed by atoms with Gasteiger partial charge in [-0.2, -0.15) is 0 Å². The number of ether oxygens (including phenoxy) is 1. The molecule has 2 unspecified atom stereocenters. The largest absolute Gasteiger partial charge is 0.479 e. The number of amides is 1. The molecule has 1 aromatic rings. The number of carboxylic acid groups (broad SMARTS) is 1. The van der Waals surface area contributed by atoms with E-state index < -0.39 is 18.2 Å². The molecule has 0 aromatic carbocycles. The maximum atomic E-state index is 11.8. The second-order valence-corrected chi connectivity index (χ2v) is 4.93. The van der Waals surface area contributed by atoms with Crippen molar-refractivity contribution >= 4 is 28.3 Å². The Morgan fingerprint density at radius 2 is 2.17 bits per heavy atom. The van der Waals surface area contributed by atoms with Crippen molar-refractivity contribution in [2.24, 2.45) is 0 Å². The first-order valence-corrected chi connectivity index (χ1v) is 6.43. The summed E-state index contributed by atoms with van der Waals surface area (Å²) in [5, 5.41) is 20.3. The predicted octanol–water partition coefficient (Wildman–Crippen LogP) is 0.671. The number of carbonyl (C=O) groups is 2. The topological polar surface area (TPSA) is 101 Å². The number of nitrogens with zero attached hydrogens (tertiary/aromatic N) is 2. The van der Waals surface area contributed by atoms with Gasteiger partial charge in [-0.05, 0) is 19.3 Å². The van der Waals surface area contributed by atoms with Crippen LogP contribution in [0.5, 0.6) is 0 Å². The molecule has 0 radical (unpaired) electrons. The van der Waals surface area contributed by atoms with Crippen molar-refractivity contribution in [1.82, 2.24) is 10.2 Å². The second-order valence-electron chi connectivity index (χ2n) is 3.87. The summed E-state index contributed by atoms with van der Waals surface area (Å²) in [7, 11) is 0. The van der Waals surface area contributed by atoms with E-state index in [-0.39, 0.29) is 5.91 Å². The SMILES string of the molecule is CCc1nnc(NC(=O)C2CCC(C(=O)O)O2)s1. The highest BCUT2D eigenvalue weighted by Crippen LogP contribution is 2.22. The van der Waals surface area contributed by atoms with Crippen LogP contribution in [0.2, 0.25) is 0 Å². The summed E-state index contributed by atoms with van der Waals surface area (Å²) < 4.78 is 5.13. The van der Waals surface area contributed by atoms with Crippen molar-refractivity contribution in [3.8, 4) is 0 Å². The zero-order valence-electron chi connectivity index (χ0n) is 9.75. The smallest absolute Gasteiger partial charge is 0.332 e. The van der Waals surface area contributed by atoms with E-state index in [1.165, 1.54) is 11.3 Å². The number of carboxylic acids is 1. The number of hydrogen-bond donors (Lipinski definition) is 2. The Bertz CT molecular complexity index is 462. The fourth-order valence-corrected chi connectivity index (χ4v) is 2.33. The molecular weight excluding hydrogens is 258 g/mol. The molecule has 2 heterocycles. The highest BCUT2D eigenvalue weighted by molar-refractivity contribution is 7.15. The summed E-state index contributed by atoms with van der Waals surface area (Å²) >= 11 is 1.30. The first-order valence-electron chi connectivity index (χ1n) is 5.61. The first-order chi connectivity index (χ1) is 8.60. The van der Waals surface area contributed by atoms with Crippen LogP contribution < -0.4 is 5.32 Å². The van der Waals surface area contributed by atoms with Crippen molar-refractivity contribution in [1.29, 1.82) is 0 Å². The van der Waals surface area contributed by atoms with Crippen molar-refractivity contribution in [2.75, 3.05) is 5.32 Å². The number of aliphatic carboxylic acids is 1. The molecular formula is C10H13N3O4S. The lowest BCUT2D eigenvalue weighted by molar-refractivity contribution is -0.150. The standard InChI is InChI=1S/C10H13N3O4S/c1-2-7-12-13-10(18-7)11-8(14)5-3-4-6(17-5)9(15)16/h5-6H,2-4H2,1H3,(H,15,16)(H,11,13,14). The van der Waals surface area contributed by atoms with Gasteiger partial charge in [0, 0.05) is 0 Å². The minimum absolute atomic E-state index is 0.351. The van der Waals surface area contributed by atoms with Crippen molar-refractivity contribution in [2.45, 2.75) is 38.4 Å². The lowest BCUT2D eigenvalue weighted by Crippen LogP contribution is -2.29. The van der Waals surface area contributed by atoms with Gasteiger partial charge in [0.25, 0.3) is 5.91 Å². The minimum atomic E-state index is -1.03. The van der Waals surface area contributed by atoms with Crippen LogP contribution in [-0.4, -0.2) is 39.4 Å². The van der Waals surface area contributed by atoms with Crippen LogP contribution in [0.25, 0.3) is 0 Å². The summed E-state index contributed by atoms with van der Waals surface area (Å²) in [5.41, 5.74) is 0. The average molecular weight is 271 g/mol. The van der Waals surface area contributed by atoms with Gasteiger partial charge in [0.1, 0.15) is 11.1 Å². The third-order valence-electron chi connectivity index (χ3n) is 2.59. The van der Waals surface area contributed by atoms with Crippen LogP contribution >= 0.6 is 11.3 Å². The van der Waals surface area contributed by atoms with Gasteiger partial charge >= 0.3 is 5.97 Å². The Kier molecular flexibility index (Phi) is 3.87. The molecule has 1 aliphatic rings. The highest BCUT2D eigenvalue weighted by Gasteiger charge is 2.35. The summed E-state index contributed by atoms with van der Waals surface area (Å²) in [5.74, 6) is -1.40. The lowest BCUT2D eigenvalue weighted by Gasteiger charge is -2.09. The lowest BCUT2D eigenvalue weighted by atomic mass is 10.2. The van der Waals surface area contributed by atoms with E-state index in [4.69, 9.17) is 9.84 Å². The monoisotopic (exact) mass is 271 g/mol. The van der Waals surface area contributed by atoms with E-state index >= 15 is 0 Å². The summed E-state index contributed by atoms with van der Waals surface area (Å²) in [6.45, 7) is 1.95. The Balaban J connectivity index is 1.91. The van der Waals surface area contributed by atoms with Gasteiger partial charge in [0.05, 0.1) is 0 Å². The molecule has 2 atom stereocenters. The second kappa shape index (κ2) is 5.40. The average Bonchev–Trinajstić information content (AvgIpc) is 2.97. The molecule has 98 valence electrons. The minimum Gasteiger partial charge on any atom is -0.479 e. The molecule has 2 N–H and O–H groups in total. The summed E-state index contributed by atoms with van der Waals surface area (Å²) in [6, 6.07) is 0. The summed E-state index contributed by atoms with van der Waals surface area (Å²) in [6.07, 6.45) is -0.0953. The maximum Gasteiger partial charge on any atom is 0.332 e. The number of aromatic nitrogens is 2. The molecule has 0 spiro atoms. The molecule has 2 rings (SSSR count). The Morgan fingerprint density at radius 3 is 2.72 bits per heavy atom. The molecule has 18 heavy (non-hydrogen) atoms. The zero-order valence-corrected chi connectivity index (χ0v) is 10.6. The fraction of sp³-hybridized carbons (Fsp3) is 0.600. The Morgan fingerprint density at radius 1 is 1.44 bits per heavy atom. The van der Waals surface area contributed by atoms with Gasteiger partial charge < -0.3 is 9.84 Å². The quantitative estimate of drug-likeness (QED) is 0.834. The third-order valence-corrected chi connectivity index (χ3v) is 3.57. The number of anilines is 1. The van der Waals surface area contributed by atoms with Crippen molar-refractivity contribution < 1.29 is 19.4 Å². The van der Waals surface area contributed by atoms with Crippen LogP contribution in [0.3, 0.4) is 0 Å². The first kappa shape index (κ1) is 12.9. The van der Waals surface area contributed by atoms with Crippen LogP contribution in [0, 0.1) is 0 Å².